The van der Waals surface area contributed by atoms with E-state index < -0.39 is 6.10 Å². The SMILES string of the molecule is CC/C=C\C/C=C\C/C=C\C/C=C\C/C=C\C/C=C\CCCCCCCCC(=O)OCC(COC(=O)CCCCCCC/C=C\CCCCCCC)OC(=O)CCCCC/C=C\C/C=C\C/C=C\C/C=C\C/C=C\CC. The Kier molecular flexibility index (Phi) is 58.9. The summed E-state index contributed by atoms with van der Waals surface area (Å²) in [6.07, 6.45) is 89.8. The van der Waals surface area contributed by atoms with E-state index in [1.54, 1.807) is 0 Å². The first-order valence-corrected chi connectivity index (χ1v) is 30.8. The Morgan fingerprint density at radius 3 is 0.829 bits per heavy atom. The fourth-order valence-corrected chi connectivity index (χ4v) is 8.00. The molecule has 0 fully saturated rings. The molecule has 0 saturated carbocycles. The Morgan fingerprint density at radius 2 is 0.513 bits per heavy atom. The number of esters is 3. The minimum absolute atomic E-state index is 0.106. The molecule has 0 aliphatic heterocycles. The normalized spacial score (nSPS) is 13.1. The summed E-state index contributed by atoms with van der Waals surface area (Å²) in [6.45, 7) is 6.35. The standard InChI is InChI=1S/C70H112O6/c1-4-7-10-13-16-19-22-25-28-30-32-33-34-35-36-37-39-40-42-45-48-51-54-57-60-63-69(72)75-66-67(65-74-68(71)62-59-56-53-50-47-44-27-24-21-18-15-12-9-6-3)76-70(73)64-61-58-55-52-49-46-43-41-38-31-29-26-23-20-17-14-11-8-5-2/h7-8,10-11,16-17,19-20,24-29,32-33,35-36,38-41,46,49,67H,4-6,9,12-15,18,21-23,30-31,34,37,42-45,47-48,50-66H2,1-3H3/b10-7-,11-8-,19-16-,20-17-,27-24-,28-25-,29-26-,33-32-,36-35-,40-39-,41-38-,49-46-. The quantitative estimate of drug-likeness (QED) is 0.0261. The molecule has 0 aliphatic carbocycles. The van der Waals surface area contributed by atoms with Crippen LogP contribution in [-0.4, -0.2) is 37.2 Å². The number of ether oxygens (including phenoxy) is 3. The number of unbranched alkanes of at least 4 members (excludes halogenated alkanes) is 19. The van der Waals surface area contributed by atoms with Crippen LogP contribution in [0.3, 0.4) is 0 Å². The van der Waals surface area contributed by atoms with Crippen LogP contribution < -0.4 is 0 Å². The third-order valence-corrected chi connectivity index (χ3v) is 12.6. The highest BCUT2D eigenvalue weighted by Gasteiger charge is 2.19. The largest absolute Gasteiger partial charge is 0.462 e. The summed E-state index contributed by atoms with van der Waals surface area (Å²) < 4.78 is 16.9. The average Bonchev–Trinajstić information content (AvgIpc) is 3.42. The molecule has 0 saturated heterocycles. The predicted molar refractivity (Wildman–Crippen MR) is 329 cm³/mol. The summed E-state index contributed by atoms with van der Waals surface area (Å²) in [5, 5.41) is 0. The van der Waals surface area contributed by atoms with Gasteiger partial charge in [0.25, 0.3) is 0 Å². The Labute approximate surface area is 467 Å². The molecule has 428 valence electrons. The summed E-state index contributed by atoms with van der Waals surface area (Å²) in [5.41, 5.74) is 0. The van der Waals surface area contributed by atoms with Crippen molar-refractivity contribution in [3.63, 3.8) is 0 Å². The van der Waals surface area contributed by atoms with E-state index in [1.807, 2.05) is 0 Å². The summed E-state index contributed by atoms with van der Waals surface area (Å²) in [5.74, 6) is -0.964. The molecule has 0 aliphatic rings. The molecule has 0 rings (SSSR count). The number of carbonyl (C=O) groups is 3. The van der Waals surface area contributed by atoms with Crippen LogP contribution in [0.2, 0.25) is 0 Å². The van der Waals surface area contributed by atoms with Crippen molar-refractivity contribution in [2.45, 2.75) is 264 Å². The van der Waals surface area contributed by atoms with Crippen molar-refractivity contribution in [1.29, 1.82) is 0 Å². The lowest BCUT2D eigenvalue weighted by molar-refractivity contribution is -0.167. The average molecular weight is 1050 g/mol. The molecule has 0 aromatic heterocycles. The zero-order valence-electron chi connectivity index (χ0n) is 49.0. The highest BCUT2D eigenvalue weighted by molar-refractivity contribution is 5.71. The van der Waals surface area contributed by atoms with Crippen LogP contribution in [0.4, 0.5) is 0 Å². The number of carbonyl (C=O) groups excluding carboxylic acids is 3. The van der Waals surface area contributed by atoms with E-state index in [2.05, 4.69) is 167 Å². The molecule has 0 N–H and O–H groups in total. The zero-order chi connectivity index (χ0) is 55.0. The molecule has 0 spiro atoms. The fourth-order valence-electron chi connectivity index (χ4n) is 8.00. The molecule has 1 unspecified atom stereocenters. The number of hydrogen-bond donors (Lipinski definition) is 0. The molecule has 0 amide bonds. The fraction of sp³-hybridized carbons (Fsp3) is 0.614. The van der Waals surface area contributed by atoms with Crippen molar-refractivity contribution in [3.8, 4) is 0 Å². The second-order valence-electron chi connectivity index (χ2n) is 19.8. The number of hydrogen-bond acceptors (Lipinski definition) is 6. The maximum absolute atomic E-state index is 12.9. The molecular weight excluding hydrogens is 937 g/mol. The highest BCUT2D eigenvalue weighted by Crippen LogP contribution is 2.14. The van der Waals surface area contributed by atoms with Crippen LogP contribution >= 0.6 is 0 Å². The molecule has 0 aromatic rings. The number of rotatable bonds is 54. The van der Waals surface area contributed by atoms with Crippen molar-refractivity contribution in [3.05, 3.63) is 146 Å². The Hall–Kier alpha value is -4.71. The molecule has 0 heterocycles. The van der Waals surface area contributed by atoms with Gasteiger partial charge < -0.3 is 14.2 Å². The molecule has 1 atom stereocenters. The van der Waals surface area contributed by atoms with Crippen molar-refractivity contribution in [2.24, 2.45) is 0 Å². The first-order chi connectivity index (χ1) is 37.5. The van der Waals surface area contributed by atoms with Crippen LogP contribution in [0.25, 0.3) is 0 Å². The van der Waals surface area contributed by atoms with E-state index in [1.165, 1.54) is 57.8 Å². The van der Waals surface area contributed by atoms with Gasteiger partial charge in [0.1, 0.15) is 13.2 Å². The minimum Gasteiger partial charge on any atom is -0.462 e. The molecule has 0 aromatic carbocycles. The maximum Gasteiger partial charge on any atom is 0.306 e. The van der Waals surface area contributed by atoms with E-state index in [-0.39, 0.29) is 37.5 Å². The lowest BCUT2D eigenvalue weighted by Gasteiger charge is -2.18. The lowest BCUT2D eigenvalue weighted by Crippen LogP contribution is -2.30. The minimum atomic E-state index is -0.813. The Balaban J connectivity index is 4.48. The first-order valence-electron chi connectivity index (χ1n) is 30.8. The zero-order valence-corrected chi connectivity index (χ0v) is 49.0. The van der Waals surface area contributed by atoms with Crippen LogP contribution in [0.1, 0.15) is 258 Å². The van der Waals surface area contributed by atoms with Crippen LogP contribution in [0, 0.1) is 0 Å². The smallest absolute Gasteiger partial charge is 0.306 e. The molecule has 6 heteroatoms. The van der Waals surface area contributed by atoms with E-state index in [0.29, 0.717) is 19.3 Å². The van der Waals surface area contributed by atoms with Gasteiger partial charge in [-0.3, -0.25) is 14.4 Å². The third kappa shape index (κ3) is 60.2. The van der Waals surface area contributed by atoms with Gasteiger partial charge in [-0.05, 0) is 141 Å². The van der Waals surface area contributed by atoms with Gasteiger partial charge in [-0.25, -0.2) is 0 Å². The molecule has 0 bridgehead atoms. The van der Waals surface area contributed by atoms with Gasteiger partial charge in [0.2, 0.25) is 0 Å². The van der Waals surface area contributed by atoms with Gasteiger partial charge in [-0.2, -0.15) is 0 Å². The monoisotopic (exact) mass is 1050 g/mol. The maximum atomic E-state index is 12.9. The van der Waals surface area contributed by atoms with Crippen molar-refractivity contribution in [2.75, 3.05) is 13.2 Å². The van der Waals surface area contributed by atoms with E-state index >= 15 is 0 Å². The van der Waals surface area contributed by atoms with Crippen molar-refractivity contribution in [1.82, 2.24) is 0 Å². The van der Waals surface area contributed by atoms with E-state index in [9.17, 15) is 14.4 Å². The van der Waals surface area contributed by atoms with Crippen LogP contribution in [-0.2, 0) is 28.6 Å². The van der Waals surface area contributed by atoms with Crippen LogP contribution in [0.5, 0.6) is 0 Å². The summed E-state index contributed by atoms with van der Waals surface area (Å²) in [6, 6.07) is 0. The molecule has 0 radical (unpaired) electrons. The summed E-state index contributed by atoms with van der Waals surface area (Å²) in [4.78, 5) is 38.3. The second-order valence-corrected chi connectivity index (χ2v) is 19.8. The lowest BCUT2D eigenvalue weighted by atomic mass is 10.1. The van der Waals surface area contributed by atoms with Crippen molar-refractivity contribution >= 4 is 17.9 Å². The Bertz CT molecular complexity index is 1680. The highest BCUT2D eigenvalue weighted by atomic mass is 16.6. The van der Waals surface area contributed by atoms with Gasteiger partial charge in [-0.1, -0.05) is 244 Å². The van der Waals surface area contributed by atoms with Gasteiger partial charge in [0.15, 0.2) is 6.10 Å². The van der Waals surface area contributed by atoms with Gasteiger partial charge in [0, 0.05) is 19.3 Å². The number of allylic oxidation sites excluding steroid dienone is 24. The van der Waals surface area contributed by atoms with E-state index in [0.717, 1.165) is 154 Å². The van der Waals surface area contributed by atoms with Crippen molar-refractivity contribution < 1.29 is 28.6 Å². The molecule has 76 heavy (non-hydrogen) atoms. The predicted octanol–water partition coefficient (Wildman–Crippen LogP) is 21.2. The topological polar surface area (TPSA) is 78.9 Å². The molecular formula is C70H112O6. The first kappa shape index (κ1) is 71.3. The van der Waals surface area contributed by atoms with E-state index in [4.69, 9.17) is 14.2 Å². The second kappa shape index (κ2) is 62.8. The summed E-state index contributed by atoms with van der Waals surface area (Å²) in [7, 11) is 0. The van der Waals surface area contributed by atoms with Crippen LogP contribution in [0.15, 0.2) is 146 Å². The summed E-state index contributed by atoms with van der Waals surface area (Å²) >= 11 is 0. The van der Waals surface area contributed by atoms with Gasteiger partial charge >= 0.3 is 17.9 Å². The third-order valence-electron chi connectivity index (χ3n) is 12.6. The van der Waals surface area contributed by atoms with Gasteiger partial charge in [-0.15, -0.1) is 0 Å². The Morgan fingerprint density at radius 1 is 0.276 bits per heavy atom. The molecule has 6 nitrogen and oxygen atoms in total. The van der Waals surface area contributed by atoms with Gasteiger partial charge in [0.05, 0.1) is 0 Å².